The predicted octanol–water partition coefficient (Wildman–Crippen LogP) is 0.391. The van der Waals surface area contributed by atoms with E-state index in [4.69, 9.17) is 9.84 Å². The Balaban J connectivity index is 1.75. The fourth-order valence-electron chi connectivity index (χ4n) is 2.35. The lowest BCUT2D eigenvalue weighted by atomic mass is 10.2. The van der Waals surface area contributed by atoms with E-state index in [1.807, 2.05) is 0 Å². The second kappa shape index (κ2) is 4.41. The van der Waals surface area contributed by atoms with Gasteiger partial charge in [0.15, 0.2) is 0 Å². The molecule has 5 nitrogen and oxygen atoms in total. The summed E-state index contributed by atoms with van der Waals surface area (Å²) in [7, 11) is 1.68. The van der Waals surface area contributed by atoms with Gasteiger partial charge in [-0.1, -0.05) is 0 Å². The highest BCUT2D eigenvalue weighted by atomic mass is 16.5. The molecule has 2 saturated carbocycles. The molecule has 5 heteroatoms. The number of rotatable bonds is 4. The maximum atomic E-state index is 11.7. The highest BCUT2D eigenvalue weighted by Gasteiger charge is 2.48. The third-order valence-corrected chi connectivity index (χ3v) is 3.51. The first-order valence-electron chi connectivity index (χ1n) is 5.67. The van der Waals surface area contributed by atoms with E-state index >= 15 is 0 Å². The van der Waals surface area contributed by atoms with E-state index < -0.39 is 11.9 Å². The number of aliphatic carboxylic acids is 1. The summed E-state index contributed by atoms with van der Waals surface area (Å²) >= 11 is 0. The van der Waals surface area contributed by atoms with Crippen LogP contribution in [-0.4, -0.2) is 36.2 Å². The number of nitrogens with one attached hydrogen (secondary N) is 1. The molecule has 2 rings (SSSR count). The molecule has 0 saturated heterocycles. The summed E-state index contributed by atoms with van der Waals surface area (Å²) in [5.74, 6) is -1.73. The molecule has 0 spiro atoms. The number of carboxylic acid groups (broad SMARTS) is 1. The molecule has 0 heterocycles. The number of carbonyl (C=O) groups excluding carboxylic acids is 1. The van der Waals surface area contributed by atoms with E-state index in [-0.39, 0.29) is 24.0 Å². The number of hydrogen-bond acceptors (Lipinski definition) is 3. The number of carbonyl (C=O) groups is 2. The molecule has 2 aliphatic carbocycles. The molecule has 0 aliphatic heterocycles. The molecule has 2 aliphatic rings. The van der Waals surface area contributed by atoms with Crippen molar-refractivity contribution in [3.8, 4) is 0 Å². The van der Waals surface area contributed by atoms with Gasteiger partial charge in [-0.05, 0) is 25.7 Å². The van der Waals surface area contributed by atoms with Gasteiger partial charge in [-0.15, -0.1) is 0 Å². The summed E-state index contributed by atoms with van der Waals surface area (Å²) in [4.78, 5) is 22.3. The second-order valence-corrected chi connectivity index (χ2v) is 4.66. The molecule has 90 valence electrons. The van der Waals surface area contributed by atoms with Crippen LogP contribution in [0.25, 0.3) is 0 Å². The SMILES string of the molecule is COC1CCC(NC(=O)C2CC2C(=O)O)C1. The van der Waals surface area contributed by atoms with Gasteiger partial charge in [-0.2, -0.15) is 0 Å². The Morgan fingerprint density at radius 1 is 1.25 bits per heavy atom. The highest BCUT2D eigenvalue weighted by molar-refractivity contribution is 5.89. The van der Waals surface area contributed by atoms with Gasteiger partial charge in [-0.3, -0.25) is 9.59 Å². The molecular weight excluding hydrogens is 210 g/mol. The minimum absolute atomic E-state index is 0.103. The van der Waals surface area contributed by atoms with E-state index in [0.717, 1.165) is 19.3 Å². The normalized spacial score (nSPS) is 37.1. The standard InChI is InChI=1S/C11H17NO4/c1-16-7-3-2-6(4-7)12-10(13)8-5-9(8)11(14)15/h6-9H,2-5H2,1H3,(H,12,13)(H,14,15). The fourth-order valence-corrected chi connectivity index (χ4v) is 2.35. The van der Waals surface area contributed by atoms with E-state index in [1.54, 1.807) is 7.11 Å². The number of ether oxygens (including phenoxy) is 1. The van der Waals surface area contributed by atoms with Crippen LogP contribution < -0.4 is 5.32 Å². The van der Waals surface area contributed by atoms with Crippen LogP contribution in [0.5, 0.6) is 0 Å². The first kappa shape index (κ1) is 11.4. The summed E-state index contributed by atoms with van der Waals surface area (Å²) in [5, 5.41) is 11.6. The van der Waals surface area contributed by atoms with Crippen LogP contribution in [-0.2, 0) is 14.3 Å². The number of amides is 1. The van der Waals surface area contributed by atoms with Crippen molar-refractivity contribution in [3.63, 3.8) is 0 Å². The number of carboxylic acids is 1. The topological polar surface area (TPSA) is 75.6 Å². The quantitative estimate of drug-likeness (QED) is 0.728. The minimum Gasteiger partial charge on any atom is -0.481 e. The molecule has 0 radical (unpaired) electrons. The summed E-state index contributed by atoms with van der Waals surface area (Å²) in [6, 6.07) is 0.160. The third kappa shape index (κ3) is 2.35. The summed E-state index contributed by atoms with van der Waals surface area (Å²) in [6.07, 6.45) is 3.46. The number of methoxy groups -OCH3 is 1. The van der Waals surface area contributed by atoms with E-state index in [1.165, 1.54) is 0 Å². The average molecular weight is 227 g/mol. The molecule has 2 N–H and O–H groups in total. The lowest BCUT2D eigenvalue weighted by Gasteiger charge is -2.12. The van der Waals surface area contributed by atoms with Crippen molar-refractivity contribution in [2.75, 3.05) is 7.11 Å². The van der Waals surface area contributed by atoms with Gasteiger partial charge in [0.1, 0.15) is 0 Å². The molecule has 4 unspecified atom stereocenters. The van der Waals surface area contributed by atoms with Gasteiger partial charge in [0.2, 0.25) is 5.91 Å². The van der Waals surface area contributed by atoms with Gasteiger partial charge in [0.05, 0.1) is 17.9 Å². The molecule has 0 aromatic heterocycles. The van der Waals surface area contributed by atoms with Gasteiger partial charge >= 0.3 is 5.97 Å². The Hall–Kier alpha value is -1.10. The lowest BCUT2D eigenvalue weighted by molar-refractivity contribution is -0.140. The first-order valence-corrected chi connectivity index (χ1v) is 5.67. The highest BCUT2D eigenvalue weighted by Crippen LogP contribution is 2.39. The summed E-state index contributed by atoms with van der Waals surface area (Å²) in [6.45, 7) is 0. The predicted molar refractivity (Wildman–Crippen MR) is 55.8 cm³/mol. The van der Waals surface area contributed by atoms with E-state index in [0.29, 0.717) is 6.42 Å². The van der Waals surface area contributed by atoms with Gasteiger partial charge in [-0.25, -0.2) is 0 Å². The Labute approximate surface area is 94.2 Å². The van der Waals surface area contributed by atoms with Crippen LogP contribution in [0.4, 0.5) is 0 Å². The zero-order valence-electron chi connectivity index (χ0n) is 9.31. The Morgan fingerprint density at radius 2 is 2.00 bits per heavy atom. The molecule has 0 aromatic carbocycles. The molecule has 4 atom stereocenters. The van der Waals surface area contributed by atoms with E-state index in [9.17, 15) is 9.59 Å². The zero-order valence-corrected chi connectivity index (χ0v) is 9.31. The van der Waals surface area contributed by atoms with Gasteiger partial charge in [0.25, 0.3) is 0 Å². The van der Waals surface area contributed by atoms with Crippen molar-refractivity contribution < 1.29 is 19.4 Å². The second-order valence-electron chi connectivity index (χ2n) is 4.66. The summed E-state index contributed by atoms with van der Waals surface area (Å²) in [5.41, 5.74) is 0. The van der Waals surface area contributed by atoms with Crippen LogP contribution in [0.15, 0.2) is 0 Å². The van der Waals surface area contributed by atoms with Crippen molar-refractivity contribution in [1.82, 2.24) is 5.32 Å². The zero-order chi connectivity index (χ0) is 11.7. The third-order valence-electron chi connectivity index (χ3n) is 3.51. The first-order chi connectivity index (χ1) is 7.61. The van der Waals surface area contributed by atoms with Crippen molar-refractivity contribution in [1.29, 1.82) is 0 Å². The van der Waals surface area contributed by atoms with Crippen LogP contribution in [0.2, 0.25) is 0 Å². The maximum absolute atomic E-state index is 11.7. The molecule has 16 heavy (non-hydrogen) atoms. The van der Waals surface area contributed by atoms with Crippen molar-refractivity contribution >= 4 is 11.9 Å². The fraction of sp³-hybridized carbons (Fsp3) is 0.818. The van der Waals surface area contributed by atoms with Crippen molar-refractivity contribution in [2.45, 2.75) is 37.8 Å². The van der Waals surface area contributed by atoms with Crippen LogP contribution >= 0.6 is 0 Å². The van der Waals surface area contributed by atoms with Crippen molar-refractivity contribution in [2.24, 2.45) is 11.8 Å². The largest absolute Gasteiger partial charge is 0.481 e. The Kier molecular flexibility index (Phi) is 3.14. The molecule has 2 fully saturated rings. The van der Waals surface area contributed by atoms with Crippen LogP contribution in [0.1, 0.15) is 25.7 Å². The maximum Gasteiger partial charge on any atom is 0.307 e. The Bertz CT molecular complexity index is 304. The van der Waals surface area contributed by atoms with Crippen LogP contribution in [0.3, 0.4) is 0 Å². The van der Waals surface area contributed by atoms with Gasteiger partial charge in [0, 0.05) is 13.2 Å². The monoisotopic (exact) mass is 227 g/mol. The molecule has 0 bridgehead atoms. The average Bonchev–Trinajstić information content (AvgIpc) is 2.94. The minimum atomic E-state index is -0.860. The summed E-state index contributed by atoms with van der Waals surface area (Å²) < 4.78 is 5.21. The molecule has 1 amide bonds. The van der Waals surface area contributed by atoms with E-state index in [2.05, 4.69) is 5.32 Å². The lowest BCUT2D eigenvalue weighted by Crippen LogP contribution is -2.35. The molecule has 0 aromatic rings. The Morgan fingerprint density at radius 3 is 2.50 bits per heavy atom. The van der Waals surface area contributed by atoms with Crippen molar-refractivity contribution in [3.05, 3.63) is 0 Å². The number of hydrogen-bond donors (Lipinski definition) is 2. The van der Waals surface area contributed by atoms with Gasteiger partial charge < -0.3 is 15.2 Å². The molecular formula is C11H17NO4. The van der Waals surface area contributed by atoms with Crippen LogP contribution in [0, 0.1) is 11.8 Å². The smallest absolute Gasteiger partial charge is 0.307 e.